The van der Waals surface area contributed by atoms with Crippen molar-refractivity contribution in [2.75, 3.05) is 6.61 Å². The first-order valence-electron chi connectivity index (χ1n) is 4.65. The van der Waals surface area contributed by atoms with Crippen LogP contribution in [0.15, 0.2) is 24.3 Å². The fraction of sp³-hybridized carbons (Fsp3) is 0.455. The molecule has 1 N–H and O–H groups in total. The number of aliphatic hydroxyl groups is 1. The van der Waals surface area contributed by atoms with E-state index in [0.29, 0.717) is 0 Å². The van der Waals surface area contributed by atoms with E-state index in [-0.39, 0.29) is 0 Å². The van der Waals surface area contributed by atoms with Crippen LogP contribution in [-0.2, 0) is 0 Å². The van der Waals surface area contributed by atoms with Crippen LogP contribution < -0.4 is 4.74 Å². The first-order valence-corrected chi connectivity index (χ1v) is 4.65. The van der Waals surface area contributed by atoms with Crippen molar-refractivity contribution in [1.82, 2.24) is 0 Å². The van der Waals surface area contributed by atoms with Gasteiger partial charge in [0.2, 0.25) is 0 Å². The molecule has 1 aromatic carbocycles. The van der Waals surface area contributed by atoms with E-state index in [1.54, 1.807) is 6.92 Å². The van der Waals surface area contributed by atoms with E-state index in [1.165, 1.54) is 0 Å². The highest BCUT2D eigenvalue weighted by atomic mass is 16.5. The highest BCUT2D eigenvalue weighted by molar-refractivity contribution is 5.28. The number of benzene rings is 1. The second-order valence-corrected chi connectivity index (χ2v) is 3.09. The molecule has 1 rings (SSSR count). The fourth-order valence-electron chi connectivity index (χ4n) is 1.06. The molecule has 0 aliphatic rings. The number of ether oxygens (including phenoxy) is 1. The quantitative estimate of drug-likeness (QED) is 0.771. The number of hydrogen-bond acceptors (Lipinski definition) is 2. The highest BCUT2D eigenvalue weighted by Gasteiger charge is 1.99. The Balaban J connectivity index is 2.59. The van der Waals surface area contributed by atoms with Crippen LogP contribution in [0.4, 0.5) is 0 Å². The summed E-state index contributed by atoms with van der Waals surface area (Å²) in [5.74, 6) is 0.867. The highest BCUT2D eigenvalue weighted by Crippen LogP contribution is 2.17. The minimum Gasteiger partial charge on any atom is -0.494 e. The molecule has 0 saturated carbocycles. The molecule has 0 spiro atoms. The van der Waals surface area contributed by atoms with Crippen LogP contribution in [0, 0.1) is 0 Å². The summed E-state index contributed by atoms with van der Waals surface area (Å²) in [6.45, 7) is 4.57. The van der Waals surface area contributed by atoms with E-state index >= 15 is 0 Å². The van der Waals surface area contributed by atoms with Crippen LogP contribution in [0.3, 0.4) is 0 Å². The first-order chi connectivity index (χ1) is 6.24. The molecule has 2 heteroatoms. The van der Waals surface area contributed by atoms with Crippen molar-refractivity contribution in [1.29, 1.82) is 0 Å². The Morgan fingerprint density at radius 3 is 2.38 bits per heavy atom. The zero-order valence-corrected chi connectivity index (χ0v) is 8.16. The second-order valence-electron chi connectivity index (χ2n) is 3.09. The number of aliphatic hydroxyl groups excluding tert-OH is 1. The van der Waals surface area contributed by atoms with Gasteiger partial charge in [-0.05, 0) is 31.0 Å². The third-order valence-electron chi connectivity index (χ3n) is 1.84. The summed E-state index contributed by atoms with van der Waals surface area (Å²) in [4.78, 5) is 0. The molecule has 0 radical (unpaired) electrons. The van der Waals surface area contributed by atoms with E-state index in [0.717, 1.165) is 24.3 Å². The molecule has 0 bridgehead atoms. The molecule has 0 amide bonds. The third-order valence-corrected chi connectivity index (χ3v) is 1.84. The predicted molar refractivity (Wildman–Crippen MR) is 52.9 cm³/mol. The lowest BCUT2D eigenvalue weighted by atomic mass is 10.1. The summed E-state index contributed by atoms with van der Waals surface area (Å²) >= 11 is 0. The topological polar surface area (TPSA) is 29.5 Å². The molecule has 13 heavy (non-hydrogen) atoms. The van der Waals surface area contributed by atoms with Crippen molar-refractivity contribution in [3.8, 4) is 5.75 Å². The van der Waals surface area contributed by atoms with Crippen molar-refractivity contribution < 1.29 is 9.84 Å². The second kappa shape index (κ2) is 4.87. The van der Waals surface area contributed by atoms with E-state index < -0.39 is 6.10 Å². The van der Waals surface area contributed by atoms with Gasteiger partial charge in [-0.1, -0.05) is 19.1 Å². The predicted octanol–water partition coefficient (Wildman–Crippen LogP) is 2.53. The summed E-state index contributed by atoms with van der Waals surface area (Å²) in [5, 5.41) is 9.25. The summed E-state index contributed by atoms with van der Waals surface area (Å²) in [7, 11) is 0. The SMILES string of the molecule is CCCOc1ccc([C@H](C)O)cc1. The summed E-state index contributed by atoms with van der Waals surface area (Å²) in [5.41, 5.74) is 0.920. The standard InChI is InChI=1S/C11H16O2/c1-3-8-13-11-6-4-10(5-7-11)9(2)12/h4-7,9,12H,3,8H2,1-2H3/t9-/m0/s1. The zero-order valence-electron chi connectivity index (χ0n) is 8.16. The maximum absolute atomic E-state index is 9.25. The van der Waals surface area contributed by atoms with Gasteiger partial charge in [0.15, 0.2) is 0 Å². The van der Waals surface area contributed by atoms with Crippen molar-refractivity contribution >= 4 is 0 Å². The largest absolute Gasteiger partial charge is 0.494 e. The Bertz CT molecular complexity index is 239. The van der Waals surface area contributed by atoms with E-state index in [9.17, 15) is 5.11 Å². The lowest BCUT2D eigenvalue weighted by molar-refractivity contribution is 0.199. The minimum absolute atomic E-state index is 0.403. The van der Waals surface area contributed by atoms with Crippen LogP contribution in [0.5, 0.6) is 5.75 Å². The molecule has 0 aromatic heterocycles. The molecule has 1 atom stereocenters. The van der Waals surface area contributed by atoms with Gasteiger partial charge in [0, 0.05) is 0 Å². The van der Waals surface area contributed by atoms with Crippen LogP contribution in [0.2, 0.25) is 0 Å². The van der Waals surface area contributed by atoms with Crippen molar-refractivity contribution in [3.05, 3.63) is 29.8 Å². The molecule has 2 nitrogen and oxygen atoms in total. The molecule has 0 saturated heterocycles. The van der Waals surface area contributed by atoms with Crippen LogP contribution in [-0.4, -0.2) is 11.7 Å². The van der Waals surface area contributed by atoms with Gasteiger partial charge < -0.3 is 9.84 Å². The van der Waals surface area contributed by atoms with Crippen molar-refractivity contribution in [3.63, 3.8) is 0 Å². The monoisotopic (exact) mass is 180 g/mol. The molecule has 0 aliphatic heterocycles. The van der Waals surface area contributed by atoms with E-state index in [4.69, 9.17) is 4.74 Å². The maximum Gasteiger partial charge on any atom is 0.119 e. The molecular weight excluding hydrogens is 164 g/mol. The summed E-state index contributed by atoms with van der Waals surface area (Å²) in [6.07, 6.45) is 0.609. The lowest BCUT2D eigenvalue weighted by Gasteiger charge is -2.07. The molecule has 0 fully saturated rings. The van der Waals surface area contributed by atoms with Gasteiger partial charge in [-0.3, -0.25) is 0 Å². The van der Waals surface area contributed by atoms with Gasteiger partial charge in [0.05, 0.1) is 12.7 Å². The van der Waals surface area contributed by atoms with Crippen molar-refractivity contribution in [2.45, 2.75) is 26.4 Å². The average molecular weight is 180 g/mol. The van der Waals surface area contributed by atoms with Gasteiger partial charge in [0.1, 0.15) is 5.75 Å². The summed E-state index contributed by atoms with van der Waals surface area (Å²) < 4.78 is 5.41. The maximum atomic E-state index is 9.25. The Kier molecular flexibility index (Phi) is 3.77. The molecule has 72 valence electrons. The summed E-state index contributed by atoms with van der Waals surface area (Å²) in [6, 6.07) is 7.54. The Morgan fingerprint density at radius 2 is 1.92 bits per heavy atom. The Hall–Kier alpha value is -1.02. The molecule has 0 aliphatic carbocycles. The van der Waals surface area contributed by atoms with Gasteiger partial charge >= 0.3 is 0 Å². The molecule has 0 unspecified atom stereocenters. The number of rotatable bonds is 4. The Morgan fingerprint density at radius 1 is 1.31 bits per heavy atom. The minimum atomic E-state index is -0.403. The molecule has 0 heterocycles. The normalized spacial score (nSPS) is 12.5. The van der Waals surface area contributed by atoms with Gasteiger partial charge in [-0.2, -0.15) is 0 Å². The Labute approximate surface area is 79.2 Å². The number of hydrogen-bond donors (Lipinski definition) is 1. The lowest BCUT2D eigenvalue weighted by Crippen LogP contribution is -1.95. The van der Waals surface area contributed by atoms with E-state index in [1.807, 2.05) is 24.3 Å². The fourth-order valence-corrected chi connectivity index (χ4v) is 1.06. The van der Waals surface area contributed by atoms with Gasteiger partial charge in [-0.15, -0.1) is 0 Å². The first kappa shape index (κ1) is 10.1. The smallest absolute Gasteiger partial charge is 0.119 e. The molecule has 1 aromatic rings. The van der Waals surface area contributed by atoms with Crippen LogP contribution >= 0.6 is 0 Å². The zero-order chi connectivity index (χ0) is 9.68. The average Bonchev–Trinajstić information content (AvgIpc) is 2.15. The van der Waals surface area contributed by atoms with Crippen molar-refractivity contribution in [2.24, 2.45) is 0 Å². The molecular formula is C11H16O2. The van der Waals surface area contributed by atoms with Crippen LogP contribution in [0.1, 0.15) is 31.9 Å². The van der Waals surface area contributed by atoms with E-state index in [2.05, 4.69) is 6.92 Å². The van der Waals surface area contributed by atoms with Gasteiger partial charge in [0.25, 0.3) is 0 Å². The van der Waals surface area contributed by atoms with Gasteiger partial charge in [-0.25, -0.2) is 0 Å². The van der Waals surface area contributed by atoms with Crippen LogP contribution in [0.25, 0.3) is 0 Å². The third kappa shape index (κ3) is 3.07.